The molecule has 0 fully saturated rings. The second-order valence-corrected chi connectivity index (χ2v) is 4.99. The van der Waals surface area contributed by atoms with Crippen molar-refractivity contribution in [2.75, 3.05) is 13.1 Å². The second kappa shape index (κ2) is 7.67. The van der Waals surface area contributed by atoms with E-state index in [4.69, 9.17) is 11.6 Å². The molecule has 0 amide bonds. The summed E-state index contributed by atoms with van der Waals surface area (Å²) in [6, 6.07) is 4.58. The summed E-state index contributed by atoms with van der Waals surface area (Å²) in [5.41, 5.74) is 0.912. The summed E-state index contributed by atoms with van der Waals surface area (Å²) in [6.07, 6.45) is 3.08. The lowest BCUT2D eigenvalue weighted by Gasteiger charge is -2.13. The summed E-state index contributed by atoms with van der Waals surface area (Å²) in [5, 5.41) is 4.04. The second-order valence-electron chi connectivity index (χ2n) is 4.58. The molecule has 0 aliphatic carbocycles. The lowest BCUT2D eigenvalue weighted by atomic mass is 9.98. The number of rotatable bonds is 7. The quantitative estimate of drug-likeness (QED) is 0.727. The summed E-state index contributed by atoms with van der Waals surface area (Å²) in [4.78, 5) is 0. The molecule has 0 spiro atoms. The fraction of sp³-hybridized carbons (Fsp3) is 0.571. The van der Waals surface area contributed by atoms with E-state index in [0.29, 0.717) is 10.9 Å². The Labute approximate surface area is 108 Å². The summed E-state index contributed by atoms with van der Waals surface area (Å²) in [5.74, 6) is 0.305. The first kappa shape index (κ1) is 14.5. The highest BCUT2D eigenvalue weighted by Crippen LogP contribution is 2.21. The Morgan fingerprint density at radius 1 is 1.35 bits per heavy atom. The van der Waals surface area contributed by atoms with Gasteiger partial charge in [0.05, 0.1) is 0 Å². The van der Waals surface area contributed by atoms with Crippen LogP contribution < -0.4 is 5.32 Å². The first-order valence-electron chi connectivity index (χ1n) is 6.28. The van der Waals surface area contributed by atoms with Gasteiger partial charge >= 0.3 is 0 Å². The fourth-order valence-corrected chi connectivity index (χ4v) is 2.02. The van der Waals surface area contributed by atoms with Crippen LogP contribution in [-0.4, -0.2) is 13.1 Å². The Kier molecular flexibility index (Phi) is 6.53. The SMILES string of the molecule is CCCNCCC(C)Cc1cc(F)ccc1Cl. The van der Waals surface area contributed by atoms with Crippen LogP contribution in [0.1, 0.15) is 32.3 Å². The van der Waals surface area contributed by atoms with Crippen molar-refractivity contribution >= 4 is 11.6 Å². The molecule has 1 aromatic carbocycles. The molecule has 0 aliphatic rings. The van der Waals surface area contributed by atoms with E-state index in [9.17, 15) is 4.39 Å². The first-order valence-corrected chi connectivity index (χ1v) is 6.66. The van der Waals surface area contributed by atoms with Gasteiger partial charge in [0.2, 0.25) is 0 Å². The van der Waals surface area contributed by atoms with E-state index in [0.717, 1.165) is 37.9 Å². The maximum atomic E-state index is 13.1. The van der Waals surface area contributed by atoms with Crippen LogP contribution in [0.25, 0.3) is 0 Å². The van der Waals surface area contributed by atoms with Crippen LogP contribution in [0, 0.1) is 11.7 Å². The molecule has 0 radical (unpaired) electrons. The number of hydrogen-bond acceptors (Lipinski definition) is 1. The molecule has 0 aliphatic heterocycles. The first-order chi connectivity index (χ1) is 8.13. The average molecular weight is 258 g/mol. The van der Waals surface area contributed by atoms with Crippen LogP contribution >= 0.6 is 11.6 Å². The minimum Gasteiger partial charge on any atom is -0.317 e. The number of halogens is 2. The Bertz CT molecular complexity index is 341. The zero-order valence-electron chi connectivity index (χ0n) is 10.6. The lowest BCUT2D eigenvalue weighted by Crippen LogP contribution is -2.18. The van der Waals surface area contributed by atoms with Crippen molar-refractivity contribution in [3.05, 3.63) is 34.6 Å². The monoisotopic (exact) mass is 257 g/mol. The Morgan fingerprint density at radius 3 is 2.82 bits per heavy atom. The van der Waals surface area contributed by atoms with E-state index in [2.05, 4.69) is 19.2 Å². The molecule has 3 heteroatoms. The van der Waals surface area contributed by atoms with Gasteiger partial charge in [-0.15, -0.1) is 0 Å². The molecule has 1 aromatic rings. The molecule has 1 atom stereocenters. The van der Waals surface area contributed by atoms with Gasteiger partial charge in [0, 0.05) is 5.02 Å². The predicted molar refractivity (Wildman–Crippen MR) is 72.1 cm³/mol. The molecule has 0 saturated heterocycles. The van der Waals surface area contributed by atoms with E-state index in [-0.39, 0.29) is 5.82 Å². The highest BCUT2D eigenvalue weighted by Gasteiger charge is 2.07. The topological polar surface area (TPSA) is 12.0 Å². The molecular formula is C14H21ClFN. The molecule has 1 N–H and O–H groups in total. The highest BCUT2D eigenvalue weighted by atomic mass is 35.5. The van der Waals surface area contributed by atoms with Crippen LogP contribution in [0.3, 0.4) is 0 Å². The standard InChI is InChI=1S/C14H21ClFN/c1-3-7-17-8-6-11(2)9-12-10-13(16)4-5-14(12)15/h4-5,10-11,17H,3,6-9H2,1-2H3. The van der Waals surface area contributed by atoms with E-state index in [1.807, 2.05) is 0 Å². The highest BCUT2D eigenvalue weighted by molar-refractivity contribution is 6.31. The zero-order valence-corrected chi connectivity index (χ0v) is 11.4. The van der Waals surface area contributed by atoms with Crippen molar-refractivity contribution in [2.24, 2.45) is 5.92 Å². The molecule has 1 nitrogen and oxygen atoms in total. The van der Waals surface area contributed by atoms with Crippen molar-refractivity contribution in [3.63, 3.8) is 0 Å². The van der Waals surface area contributed by atoms with Gasteiger partial charge in [-0.1, -0.05) is 25.4 Å². The molecule has 96 valence electrons. The predicted octanol–water partition coefficient (Wildman–Crippen LogP) is 4.05. The minimum absolute atomic E-state index is 0.208. The zero-order chi connectivity index (χ0) is 12.7. The van der Waals surface area contributed by atoms with E-state index >= 15 is 0 Å². The number of nitrogens with one attached hydrogen (secondary N) is 1. The summed E-state index contributed by atoms with van der Waals surface area (Å²) in [7, 11) is 0. The number of hydrogen-bond donors (Lipinski definition) is 1. The molecular weight excluding hydrogens is 237 g/mol. The van der Waals surface area contributed by atoms with Crippen LogP contribution in [0.2, 0.25) is 5.02 Å². The van der Waals surface area contributed by atoms with Crippen molar-refractivity contribution in [1.29, 1.82) is 0 Å². The van der Waals surface area contributed by atoms with Gasteiger partial charge in [0.15, 0.2) is 0 Å². The fourth-order valence-electron chi connectivity index (χ4n) is 1.83. The molecule has 17 heavy (non-hydrogen) atoms. The molecule has 0 saturated carbocycles. The van der Waals surface area contributed by atoms with Gasteiger partial charge < -0.3 is 5.32 Å². The van der Waals surface area contributed by atoms with Gasteiger partial charge in [0.1, 0.15) is 5.82 Å². The normalized spacial score (nSPS) is 12.7. The van der Waals surface area contributed by atoms with E-state index in [1.165, 1.54) is 12.1 Å². The molecule has 1 rings (SSSR count). The van der Waals surface area contributed by atoms with Gasteiger partial charge in [-0.2, -0.15) is 0 Å². The van der Waals surface area contributed by atoms with Crippen molar-refractivity contribution < 1.29 is 4.39 Å². The van der Waals surface area contributed by atoms with E-state index < -0.39 is 0 Å². The third kappa shape index (κ3) is 5.51. The molecule has 1 unspecified atom stereocenters. The third-order valence-electron chi connectivity index (χ3n) is 2.82. The smallest absolute Gasteiger partial charge is 0.123 e. The maximum Gasteiger partial charge on any atom is 0.123 e. The van der Waals surface area contributed by atoms with Crippen molar-refractivity contribution in [3.8, 4) is 0 Å². The Morgan fingerprint density at radius 2 is 2.12 bits per heavy atom. The van der Waals surface area contributed by atoms with Gasteiger partial charge in [-0.3, -0.25) is 0 Å². The Hall–Kier alpha value is -0.600. The van der Waals surface area contributed by atoms with Gasteiger partial charge in [-0.05, 0) is 62.0 Å². The summed E-state index contributed by atoms with van der Waals surface area (Å²) < 4.78 is 13.1. The summed E-state index contributed by atoms with van der Waals surface area (Å²) >= 11 is 6.04. The Balaban J connectivity index is 2.39. The maximum absolute atomic E-state index is 13.1. The van der Waals surface area contributed by atoms with Crippen LogP contribution in [-0.2, 0) is 6.42 Å². The third-order valence-corrected chi connectivity index (χ3v) is 3.19. The van der Waals surface area contributed by atoms with Crippen LogP contribution in [0.15, 0.2) is 18.2 Å². The molecule has 0 heterocycles. The largest absolute Gasteiger partial charge is 0.317 e. The van der Waals surface area contributed by atoms with Crippen LogP contribution in [0.4, 0.5) is 4.39 Å². The lowest BCUT2D eigenvalue weighted by molar-refractivity contribution is 0.497. The average Bonchev–Trinajstić information content (AvgIpc) is 2.29. The van der Waals surface area contributed by atoms with Crippen molar-refractivity contribution in [2.45, 2.75) is 33.1 Å². The van der Waals surface area contributed by atoms with Crippen LogP contribution in [0.5, 0.6) is 0 Å². The van der Waals surface area contributed by atoms with E-state index in [1.54, 1.807) is 6.07 Å². The molecule has 0 aromatic heterocycles. The number of benzene rings is 1. The molecule has 0 bridgehead atoms. The minimum atomic E-state index is -0.208. The van der Waals surface area contributed by atoms with Gasteiger partial charge in [-0.25, -0.2) is 4.39 Å². The van der Waals surface area contributed by atoms with Gasteiger partial charge in [0.25, 0.3) is 0 Å². The van der Waals surface area contributed by atoms with Crippen molar-refractivity contribution in [1.82, 2.24) is 5.32 Å². The summed E-state index contributed by atoms with van der Waals surface area (Å²) in [6.45, 7) is 6.41.